The first-order valence-electron chi connectivity index (χ1n) is 8.22. The van der Waals surface area contributed by atoms with E-state index in [-0.39, 0.29) is 0 Å². The molecule has 4 heteroatoms. The third-order valence-corrected chi connectivity index (χ3v) is 4.26. The minimum absolute atomic E-state index is 0.618. The zero-order valence-corrected chi connectivity index (χ0v) is 14.2. The van der Waals surface area contributed by atoms with E-state index in [4.69, 9.17) is 0 Å². The van der Waals surface area contributed by atoms with E-state index >= 15 is 0 Å². The molecule has 1 heterocycles. The van der Waals surface area contributed by atoms with E-state index in [1.807, 2.05) is 35.8 Å². The number of aromatic nitrogens is 3. The highest BCUT2D eigenvalue weighted by Crippen LogP contribution is 2.27. The van der Waals surface area contributed by atoms with E-state index in [9.17, 15) is 5.26 Å². The van der Waals surface area contributed by atoms with Crippen molar-refractivity contribution < 1.29 is 0 Å². The fourth-order valence-corrected chi connectivity index (χ4v) is 2.86. The van der Waals surface area contributed by atoms with E-state index in [0.717, 1.165) is 29.9 Å². The molecule has 4 nitrogen and oxygen atoms in total. The Labute approximate surface area is 142 Å². The van der Waals surface area contributed by atoms with Crippen LogP contribution in [0.25, 0.3) is 17.1 Å². The monoisotopic (exact) mass is 316 g/mol. The minimum Gasteiger partial charge on any atom is -0.279 e. The van der Waals surface area contributed by atoms with Gasteiger partial charge in [-0.2, -0.15) is 5.26 Å². The number of nitrogens with zero attached hydrogens (tertiary/aromatic N) is 4. The smallest absolute Gasteiger partial charge is 0.169 e. The Balaban J connectivity index is 2.23. The molecule has 0 aliphatic carbocycles. The first kappa shape index (κ1) is 15.9. The van der Waals surface area contributed by atoms with E-state index in [2.05, 4.69) is 48.3 Å². The summed E-state index contributed by atoms with van der Waals surface area (Å²) in [6.45, 7) is 6.17. The topological polar surface area (TPSA) is 54.5 Å². The van der Waals surface area contributed by atoms with Crippen LogP contribution in [0, 0.1) is 18.3 Å². The van der Waals surface area contributed by atoms with Crippen LogP contribution >= 0.6 is 0 Å². The Kier molecular flexibility index (Phi) is 4.43. The number of rotatable bonds is 4. The van der Waals surface area contributed by atoms with E-state index in [1.165, 1.54) is 11.1 Å². The van der Waals surface area contributed by atoms with Gasteiger partial charge in [0.15, 0.2) is 5.82 Å². The van der Waals surface area contributed by atoms with Gasteiger partial charge in [0.1, 0.15) is 5.82 Å². The summed E-state index contributed by atoms with van der Waals surface area (Å²) in [5.41, 5.74) is 4.91. The van der Waals surface area contributed by atoms with Gasteiger partial charge in [-0.05, 0) is 55.2 Å². The van der Waals surface area contributed by atoms with Crippen molar-refractivity contribution in [3.63, 3.8) is 0 Å². The molecule has 0 N–H and O–H groups in total. The highest BCUT2D eigenvalue weighted by molar-refractivity contribution is 5.67. The molecule has 3 rings (SSSR count). The van der Waals surface area contributed by atoms with Crippen LogP contribution in [-0.2, 0) is 12.8 Å². The number of aryl methyl sites for hydroxylation is 3. The lowest BCUT2D eigenvalue weighted by atomic mass is 10.0. The summed E-state index contributed by atoms with van der Waals surface area (Å²) in [5.74, 6) is 1.52. The number of nitriles is 1. The van der Waals surface area contributed by atoms with E-state index in [1.54, 1.807) is 0 Å². The second-order valence-electron chi connectivity index (χ2n) is 5.77. The van der Waals surface area contributed by atoms with Crippen molar-refractivity contribution in [2.75, 3.05) is 0 Å². The molecule has 0 bridgehead atoms. The van der Waals surface area contributed by atoms with Crippen LogP contribution < -0.4 is 0 Å². The standard InChI is InChI=1S/C20H20N4/c1-4-15-7-6-8-18(11-15)24-14(3)22-23-20(24)19-12-16(5-2)9-10-17(19)13-21/h6-12H,4-5H2,1-3H3. The van der Waals surface area contributed by atoms with Crippen LogP contribution in [-0.4, -0.2) is 14.8 Å². The maximum atomic E-state index is 9.49. The highest BCUT2D eigenvalue weighted by Gasteiger charge is 2.16. The third kappa shape index (κ3) is 2.81. The van der Waals surface area contributed by atoms with Gasteiger partial charge in [-0.15, -0.1) is 10.2 Å². The van der Waals surface area contributed by atoms with Gasteiger partial charge in [-0.25, -0.2) is 0 Å². The Bertz CT molecular complexity index is 916. The van der Waals surface area contributed by atoms with Crippen LogP contribution in [0.3, 0.4) is 0 Å². The predicted octanol–water partition coefficient (Wildman–Crippen LogP) is 4.24. The predicted molar refractivity (Wildman–Crippen MR) is 95.0 cm³/mol. The maximum Gasteiger partial charge on any atom is 0.169 e. The SMILES string of the molecule is CCc1cccc(-n2c(C)nnc2-c2cc(CC)ccc2C#N)c1. The normalized spacial score (nSPS) is 10.6. The summed E-state index contributed by atoms with van der Waals surface area (Å²) in [6.07, 6.45) is 1.89. The molecule has 0 aliphatic rings. The first-order chi connectivity index (χ1) is 11.7. The van der Waals surface area contributed by atoms with E-state index in [0.29, 0.717) is 11.4 Å². The zero-order chi connectivity index (χ0) is 17.1. The third-order valence-electron chi connectivity index (χ3n) is 4.26. The summed E-state index contributed by atoms with van der Waals surface area (Å²) in [7, 11) is 0. The van der Waals surface area contributed by atoms with Crippen molar-refractivity contribution in [3.05, 3.63) is 65.0 Å². The summed E-state index contributed by atoms with van der Waals surface area (Å²) in [5, 5.41) is 18.1. The average molecular weight is 316 g/mol. The summed E-state index contributed by atoms with van der Waals surface area (Å²) >= 11 is 0. The van der Waals surface area contributed by atoms with Gasteiger partial charge in [0, 0.05) is 11.3 Å². The Morgan fingerprint density at radius 3 is 2.46 bits per heavy atom. The molecule has 0 radical (unpaired) electrons. The average Bonchev–Trinajstić information content (AvgIpc) is 3.02. The molecule has 0 aliphatic heterocycles. The fraction of sp³-hybridized carbons (Fsp3) is 0.250. The molecule has 24 heavy (non-hydrogen) atoms. The van der Waals surface area contributed by atoms with Gasteiger partial charge in [-0.1, -0.05) is 32.0 Å². The van der Waals surface area contributed by atoms with Crippen molar-refractivity contribution in [1.82, 2.24) is 14.8 Å². The molecule has 0 amide bonds. The van der Waals surface area contributed by atoms with Gasteiger partial charge < -0.3 is 0 Å². The lowest BCUT2D eigenvalue weighted by Crippen LogP contribution is -2.02. The molecule has 0 unspecified atom stereocenters. The van der Waals surface area contributed by atoms with Gasteiger partial charge in [0.05, 0.1) is 11.6 Å². The lowest BCUT2D eigenvalue weighted by molar-refractivity contribution is 0.966. The Morgan fingerprint density at radius 2 is 1.75 bits per heavy atom. The number of hydrogen-bond acceptors (Lipinski definition) is 3. The second kappa shape index (κ2) is 6.67. The highest BCUT2D eigenvalue weighted by atomic mass is 15.3. The van der Waals surface area contributed by atoms with Crippen molar-refractivity contribution >= 4 is 0 Å². The minimum atomic E-state index is 0.618. The molecule has 120 valence electrons. The second-order valence-corrected chi connectivity index (χ2v) is 5.77. The van der Waals surface area contributed by atoms with Crippen LogP contribution in [0.5, 0.6) is 0 Å². The molecular weight excluding hydrogens is 296 g/mol. The molecule has 1 aromatic heterocycles. The molecule has 0 saturated heterocycles. The van der Waals surface area contributed by atoms with Crippen LogP contribution in [0.2, 0.25) is 0 Å². The van der Waals surface area contributed by atoms with Gasteiger partial charge >= 0.3 is 0 Å². The van der Waals surface area contributed by atoms with Gasteiger partial charge in [0.25, 0.3) is 0 Å². The molecule has 2 aromatic carbocycles. The largest absolute Gasteiger partial charge is 0.279 e. The molecule has 0 fully saturated rings. The maximum absolute atomic E-state index is 9.49. The summed E-state index contributed by atoms with van der Waals surface area (Å²) < 4.78 is 2.02. The van der Waals surface area contributed by atoms with Crippen molar-refractivity contribution in [2.45, 2.75) is 33.6 Å². The fourth-order valence-electron chi connectivity index (χ4n) is 2.86. The quantitative estimate of drug-likeness (QED) is 0.723. The van der Waals surface area contributed by atoms with Gasteiger partial charge in [-0.3, -0.25) is 4.57 Å². The molecule has 0 saturated carbocycles. The molecular formula is C20H20N4. The van der Waals surface area contributed by atoms with Gasteiger partial charge in [0.2, 0.25) is 0 Å². The van der Waals surface area contributed by atoms with Crippen molar-refractivity contribution in [1.29, 1.82) is 5.26 Å². The lowest BCUT2D eigenvalue weighted by Gasteiger charge is -2.12. The zero-order valence-electron chi connectivity index (χ0n) is 14.2. The Hall–Kier alpha value is -2.93. The van der Waals surface area contributed by atoms with Crippen LogP contribution in [0.15, 0.2) is 42.5 Å². The summed E-state index contributed by atoms with van der Waals surface area (Å²) in [4.78, 5) is 0. The van der Waals surface area contributed by atoms with Crippen molar-refractivity contribution in [3.8, 4) is 23.1 Å². The van der Waals surface area contributed by atoms with Crippen LogP contribution in [0.1, 0.15) is 36.4 Å². The summed E-state index contributed by atoms with van der Waals surface area (Å²) in [6, 6.07) is 16.5. The molecule has 0 spiro atoms. The van der Waals surface area contributed by atoms with E-state index < -0.39 is 0 Å². The van der Waals surface area contributed by atoms with Crippen molar-refractivity contribution in [2.24, 2.45) is 0 Å². The number of hydrogen-bond donors (Lipinski definition) is 0. The first-order valence-corrected chi connectivity index (χ1v) is 8.22. The molecule has 3 aromatic rings. The van der Waals surface area contributed by atoms with Crippen LogP contribution in [0.4, 0.5) is 0 Å². The number of benzene rings is 2. The molecule has 0 atom stereocenters. The Morgan fingerprint density at radius 1 is 1.00 bits per heavy atom.